The van der Waals surface area contributed by atoms with Crippen molar-refractivity contribution in [1.29, 1.82) is 0 Å². The molecule has 1 aromatic heterocycles. The summed E-state index contributed by atoms with van der Waals surface area (Å²) in [7, 11) is 0. The fraction of sp³-hybridized carbons (Fsp3) is 0.286. The Kier molecular flexibility index (Phi) is 5.32. The van der Waals surface area contributed by atoms with Crippen LogP contribution in [0.4, 0.5) is 4.39 Å². The smallest absolute Gasteiger partial charge is 0.303 e. The van der Waals surface area contributed by atoms with Crippen molar-refractivity contribution in [3.8, 4) is 0 Å². The van der Waals surface area contributed by atoms with Crippen molar-refractivity contribution < 1.29 is 19.0 Å². The number of aryl methyl sites for hydroxylation is 1. The van der Waals surface area contributed by atoms with Gasteiger partial charge in [0.1, 0.15) is 5.82 Å². The quantitative estimate of drug-likeness (QED) is 0.613. The average Bonchev–Trinajstić information content (AvgIpc) is 2.96. The molecule has 0 spiro atoms. The number of ether oxygens (including phenoxy) is 1. The third-order valence-corrected chi connectivity index (χ3v) is 5.69. The molecule has 0 amide bonds. The molecule has 0 aliphatic carbocycles. The molecule has 0 unspecified atom stereocenters. The summed E-state index contributed by atoms with van der Waals surface area (Å²) in [6.45, 7) is 1.49. The molecular weight excluding hydrogens is 404 g/mol. The van der Waals surface area contributed by atoms with Crippen LogP contribution in [0, 0.1) is 5.82 Å². The minimum absolute atomic E-state index is 0.0629. The SMILES string of the molecule is O=C(O)CCc1cc(F)cc2c3c(n(Cc4ccc(Cl)cc4Cl)c12)CCOC3. The van der Waals surface area contributed by atoms with E-state index in [-0.39, 0.29) is 18.7 Å². The number of rotatable bonds is 5. The second kappa shape index (κ2) is 7.74. The summed E-state index contributed by atoms with van der Waals surface area (Å²) in [6, 6.07) is 8.30. The second-order valence-corrected chi connectivity index (χ2v) is 7.75. The van der Waals surface area contributed by atoms with Gasteiger partial charge in [0, 0.05) is 46.1 Å². The number of aromatic nitrogens is 1. The lowest BCUT2D eigenvalue weighted by molar-refractivity contribution is -0.136. The van der Waals surface area contributed by atoms with Gasteiger partial charge in [-0.3, -0.25) is 4.79 Å². The van der Waals surface area contributed by atoms with Gasteiger partial charge in [0.05, 0.1) is 18.7 Å². The number of hydrogen-bond donors (Lipinski definition) is 1. The van der Waals surface area contributed by atoms with Gasteiger partial charge in [0.25, 0.3) is 0 Å². The number of carboxylic acid groups (broad SMARTS) is 1. The highest BCUT2D eigenvalue weighted by molar-refractivity contribution is 6.35. The van der Waals surface area contributed by atoms with Crippen LogP contribution in [0.2, 0.25) is 10.0 Å². The Labute approximate surface area is 171 Å². The number of hydrogen-bond acceptors (Lipinski definition) is 2. The van der Waals surface area contributed by atoms with Crippen molar-refractivity contribution in [2.24, 2.45) is 0 Å². The van der Waals surface area contributed by atoms with E-state index in [1.54, 1.807) is 12.1 Å². The highest BCUT2D eigenvalue weighted by Crippen LogP contribution is 2.35. The van der Waals surface area contributed by atoms with Crippen molar-refractivity contribution in [3.63, 3.8) is 0 Å². The van der Waals surface area contributed by atoms with E-state index in [1.807, 2.05) is 6.07 Å². The lowest BCUT2D eigenvalue weighted by atomic mass is 10.0. The third-order valence-electron chi connectivity index (χ3n) is 5.10. The molecule has 7 heteroatoms. The molecule has 0 fully saturated rings. The predicted molar refractivity (Wildman–Crippen MR) is 107 cm³/mol. The van der Waals surface area contributed by atoms with E-state index >= 15 is 0 Å². The Morgan fingerprint density at radius 3 is 2.79 bits per heavy atom. The number of nitrogens with zero attached hydrogens (tertiary/aromatic N) is 1. The molecule has 3 aromatic rings. The Hall–Kier alpha value is -2.08. The van der Waals surface area contributed by atoms with Crippen LogP contribution in [0.25, 0.3) is 10.9 Å². The van der Waals surface area contributed by atoms with Gasteiger partial charge in [0.2, 0.25) is 0 Å². The van der Waals surface area contributed by atoms with E-state index in [0.717, 1.165) is 27.7 Å². The Morgan fingerprint density at radius 1 is 1.21 bits per heavy atom. The predicted octanol–water partition coefficient (Wildman–Crippen LogP) is 5.23. The van der Waals surface area contributed by atoms with Crippen LogP contribution in [-0.4, -0.2) is 22.2 Å². The zero-order valence-corrected chi connectivity index (χ0v) is 16.5. The number of aliphatic carboxylic acids is 1. The van der Waals surface area contributed by atoms with Gasteiger partial charge in [-0.25, -0.2) is 4.39 Å². The van der Waals surface area contributed by atoms with Crippen molar-refractivity contribution in [3.05, 3.63) is 68.6 Å². The molecule has 0 radical (unpaired) electrons. The number of fused-ring (bicyclic) bond motifs is 3. The van der Waals surface area contributed by atoms with E-state index in [9.17, 15) is 9.18 Å². The zero-order chi connectivity index (χ0) is 19.8. The first-order valence-electron chi connectivity index (χ1n) is 9.00. The van der Waals surface area contributed by atoms with Gasteiger partial charge in [-0.05, 0) is 41.8 Å². The molecule has 1 aliphatic heterocycles. The molecule has 0 saturated heterocycles. The second-order valence-electron chi connectivity index (χ2n) is 6.90. The number of carbonyl (C=O) groups is 1. The van der Waals surface area contributed by atoms with E-state index in [4.69, 9.17) is 33.0 Å². The molecule has 4 nitrogen and oxygen atoms in total. The summed E-state index contributed by atoms with van der Waals surface area (Å²) < 4.78 is 22.0. The van der Waals surface area contributed by atoms with E-state index < -0.39 is 5.97 Å². The summed E-state index contributed by atoms with van der Waals surface area (Å²) in [6.07, 6.45) is 0.892. The molecule has 0 saturated carbocycles. The highest BCUT2D eigenvalue weighted by Gasteiger charge is 2.24. The van der Waals surface area contributed by atoms with Gasteiger partial charge in [-0.15, -0.1) is 0 Å². The largest absolute Gasteiger partial charge is 0.481 e. The van der Waals surface area contributed by atoms with Crippen LogP contribution in [0.3, 0.4) is 0 Å². The molecule has 1 aliphatic rings. The lowest BCUT2D eigenvalue weighted by Crippen LogP contribution is -2.14. The lowest BCUT2D eigenvalue weighted by Gasteiger charge is -2.18. The van der Waals surface area contributed by atoms with Gasteiger partial charge >= 0.3 is 5.97 Å². The minimum Gasteiger partial charge on any atom is -0.481 e. The van der Waals surface area contributed by atoms with Crippen molar-refractivity contribution >= 4 is 40.1 Å². The molecule has 0 atom stereocenters. The van der Waals surface area contributed by atoms with E-state index in [1.165, 1.54) is 12.1 Å². The molecule has 28 heavy (non-hydrogen) atoms. The molecular formula is C21H18Cl2FNO3. The average molecular weight is 422 g/mol. The molecule has 0 bridgehead atoms. The van der Waals surface area contributed by atoms with E-state index in [0.29, 0.717) is 41.8 Å². The van der Waals surface area contributed by atoms with Crippen molar-refractivity contribution in [2.75, 3.05) is 6.61 Å². The monoisotopic (exact) mass is 421 g/mol. The van der Waals surface area contributed by atoms with Gasteiger partial charge in [-0.1, -0.05) is 29.3 Å². The molecule has 146 valence electrons. The molecule has 4 rings (SSSR count). The number of benzene rings is 2. The first kappa shape index (κ1) is 19.2. The first-order valence-corrected chi connectivity index (χ1v) is 9.75. The molecule has 2 heterocycles. The topological polar surface area (TPSA) is 51.5 Å². The zero-order valence-electron chi connectivity index (χ0n) is 15.0. The van der Waals surface area contributed by atoms with Crippen LogP contribution in [0.5, 0.6) is 0 Å². The third kappa shape index (κ3) is 3.62. The van der Waals surface area contributed by atoms with Gasteiger partial charge in [-0.2, -0.15) is 0 Å². The van der Waals surface area contributed by atoms with Crippen LogP contribution < -0.4 is 0 Å². The van der Waals surface area contributed by atoms with Crippen LogP contribution in [-0.2, 0) is 35.5 Å². The van der Waals surface area contributed by atoms with Crippen LogP contribution in [0.15, 0.2) is 30.3 Å². The normalized spacial score (nSPS) is 13.7. The minimum atomic E-state index is -0.913. The highest BCUT2D eigenvalue weighted by atomic mass is 35.5. The molecule has 2 aromatic carbocycles. The fourth-order valence-corrected chi connectivity index (χ4v) is 4.34. The Bertz CT molecular complexity index is 1080. The number of halogens is 3. The Balaban J connectivity index is 1.91. The summed E-state index contributed by atoms with van der Waals surface area (Å²) in [5.74, 6) is -1.28. The maximum atomic E-state index is 14.3. The fourth-order valence-electron chi connectivity index (χ4n) is 3.87. The first-order chi connectivity index (χ1) is 13.4. The van der Waals surface area contributed by atoms with Crippen molar-refractivity contribution in [2.45, 2.75) is 32.4 Å². The van der Waals surface area contributed by atoms with Gasteiger partial charge in [0.15, 0.2) is 0 Å². The summed E-state index contributed by atoms with van der Waals surface area (Å²) in [4.78, 5) is 11.1. The Morgan fingerprint density at radius 2 is 2.04 bits per heavy atom. The summed E-state index contributed by atoms with van der Waals surface area (Å²) in [5, 5.41) is 11.0. The van der Waals surface area contributed by atoms with Crippen molar-refractivity contribution in [1.82, 2.24) is 4.57 Å². The maximum absolute atomic E-state index is 14.3. The van der Waals surface area contributed by atoms with Crippen LogP contribution in [0.1, 0.15) is 28.8 Å². The summed E-state index contributed by atoms with van der Waals surface area (Å²) in [5.41, 5.74) is 4.46. The van der Waals surface area contributed by atoms with E-state index in [2.05, 4.69) is 4.57 Å². The number of carboxylic acids is 1. The standard InChI is InChI=1S/C21H18Cl2FNO3/c22-14-3-1-13(18(23)8-14)10-25-19-5-6-28-11-17(19)16-9-15(24)7-12(21(16)25)2-4-20(26)27/h1,3,7-9H,2,4-6,10-11H2,(H,26,27). The summed E-state index contributed by atoms with van der Waals surface area (Å²) >= 11 is 12.4. The van der Waals surface area contributed by atoms with Crippen LogP contribution >= 0.6 is 23.2 Å². The maximum Gasteiger partial charge on any atom is 0.303 e. The van der Waals surface area contributed by atoms with Gasteiger partial charge < -0.3 is 14.4 Å². The molecule has 1 N–H and O–H groups in total.